The highest BCUT2D eigenvalue weighted by Crippen LogP contribution is 2.26. The van der Waals surface area contributed by atoms with Gasteiger partial charge >= 0.3 is 0 Å². The van der Waals surface area contributed by atoms with Crippen molar-refractivity contribution in [1.29, 1.82) is 0 Å². The number of likely N-dealkylation sites (tertiary alicyclic amines) is 1. The molecular weight excluding hydrogens is 290 g/mol. The summed E-state index contributed by atoms with van der Waals surface area (Å²) in [6, 6.07) is 9.61. The third-order valence-electron chi connectivity index (χ3n) is 4.36. The number of aliphatic hydroxyl groups excluding tert-OH is 1. The lowest BCUT2D eigenvalue weighted by Gasteiger charge is -2.32. The fourth-order valence-corrected chi connectivity index (χ4v) is 3.05. The molecule has 1 saturated heterocycles. The Hall–Kier alpha value is -2.27. The molecule has 2 heterocycles. The van der Waals surface area contributed by atoms with Crippen molar-refractivity contribution < 1.29 is 9.90 Å². The lowest BCUT2D eigenvalue weighted by molar-refractivity contribution is -0.141. The van der Waals surface area contributed by atoms with Crippen molar-refractivity contribution in [1.82, 2.24) is 14.9 Å². The summed E-state index contributed by atoms with van der Waals surface area (Å²) in [5.41, 5.74) is 1.97. The Kier molecular flexibility index (Phi) is 4.98. The van der Waals surface area contributed by atoms with Crippen molar-refractivity contribution in [2.75, 3.05) is 13.1 Å². The summed E-state index contributed by atoms with van der Waals surface area (Å²) in [4.78, 5) is 22.6. The van der Waals surface area contributed by atoms with Crippen LogP contribution in [0.25, 0.3) is 0 Å². The SMILES string of the molecule is O=C([C@@H](O)Cc1ccccc1)N1CCC(c2cnccn2)CC1. The zero-order valence-electron chi connectivity index (χ0n) is 13.0. The fourth-order valence-electron chi connectivity index (χ4n) is 3.05. The van der Waals surface area contributed by atoms with Crippen molar-refractivity contribution in [2.24, 2.45) is 0 Å². The van der Waals surface area contributed by atoms with Crippen molar-refractivity contribution in [3.05, 3.63) is 60.2 Å². The highest BCUT2D eigenvalue weighted by Gasteiger charge is 2.28. The van der Waals surface area contributed by atoms with Gasteiger partial charge in [0.25, 0.3) is 5.91 Å². The van der Waals surface area contributed by atoms with Gasteiger partial charge in [0.05, 0.1) is 5.69 Å². The number of amides is 1. The number of aliphatic hydroxyl groups is 1. The number of hydrogen-bond acceptors (Lipinski definition) is 4. The highest BCUT2D eigenvalue weighted by molar-refractivity contribution is 5.81. The van der Waals surface area contributed by atoms with Gasteiger partial charge in [-0.2, -0.15) is 0 Å². The van der Waals surface area contributed by atoms with Crippen molar-refractivity contribution in [3.63, 3.8) is 0 Å². The lowest BCUT2D eigenvalue weighted by Crippen LogP contribution is -2.44. The van der Waals surface area contributed by atoms with Crippen LogP contribution in [-0.2, 0) is 11.2 Å². The third kappa shape index (κ3) is 3.93. The Morgan fingerprint density at radius 1 is 1.22 bits per heavy atom. The van der Waals surface area contributed by atoms with Gasteiger partial charge in [-0.05, 0) is 18.4 Å². The molecule has 0 saturated carbocycles. The molecule has 1 aliphatic heterocycles. The van der Waals surface area contributed by atoms with Gasteiger partial charge in [0, 0.05) is 44.0 Å². The van der Waals surface area contributed by atoms with Crippen LogP contribution in [0, 0.1) is 0 Å². The number of carbonyl (C=O) groups is 1. The molecular formula is C18H21N3O2. The van der Waals surface area contributed by atoms with Gasteiger partial charge in [-0.1, -0.05) is 30.3 Å². The summed E-state index contributed by atoms with van der Waals surface area (Å²) in [7, 11) is 0. The highest BCUT2D eigenvalue weighted by atomic mass is 16.3. The van der Waals surface area contributed by atoms with E-state index in [-0.39, 0.29) is 5.91 Å². The van der Waals surface area contributed by atoms with Crippen LogP contribution in [0.3, 0.4) is 0 Å². The molecule has 1 amide bonds. The maximum absolute atomic E-state index is 12.4. The Morgan fingerprint density at radius 3 is 2.61 bits per heavy atom. The van der Waals surface area contributed by atoms with Gasteiger partial charge in [0.15, 0.2) is 0 Å². The molecule has 0 unspecified atom stereocenters. The minimum atomic E-state index is -0.967. The summed E-state index contributed by atoms with van der Waals surface area (Å²) in [6.45, 7) is 1.32. The maximum atomic E-state index is 12.4. The van der Waals surface area contributed by atoms with Crippen molar-refractivity contribution in [2.45, 2.75) is 31.3 Å². The Labute approximate surface area is 136 Å². The summed E-state index contributed by atoms with van der Waals surface area (Å²) in [6.07, 6.45) is 6.30. The molecule has 0 radical (unpaired) electrons. The number of aromatic nitrogens is 2. The molecule has 1 fully saturated rings. The topological polar surface area (TPSA) is 66.3 Å². The van der Waals surface area contributed by atoms with E-state index >= 15 is 0 Å². The van der Waals surface area contributed by atoms with Gasteiger partial charge in [0.2, 0.25) is 0 Å². The van der Waals surface area contributed by atoms with Crippen LogP contribution in [0.15, 0.2) is 48.9 Å². The Balaban J connectivity index is 1.54. The van der Waals surface area contributed by atoms with E-state index in [4.69, 9.17) is 0 Å². The second-order valence-corrected chi connectivity index (χ2v) is 5.94. The number of piperidine rings is 1. The maximum Gasteiger partial charge on any atom is 0.251 e. The number of carbonyl (C=O) groups excluding carboxylic acids is 1. The number of nitrogens with zero attached hydrogens (tertiary/aromatic N) is 3. The molecule has 3 rings (SSSR count). The number of hydrogen-bond donors (Lipinski definition) is 1. The quantitative estimate of drug-likeness (QED) is 0.935. The normalized spacial score (nSPS) is 17.0. The summed E-state index contributed by atoms with van der Waals surface area (Å²) >= 11 is 0. The molecule has 1 aromatic heterocycles. The molecule has 0 bridgehead atoms. The summed E-state index contributed by atoms with van der Waals surface area (Å²) in [5.74, 6) is 0.172. The van der Waals surface area contributed by atoms with E-state index in [2.05, 4.69) is 9.97 Å². The Bertz CT molecular complexity index is 625. The van der Waals surface area contributed by atoms with Crippen LogP contribution < -0.4 is 0 Å². The third-order valence-corrected chi connectivity index (χ3v) is 4.36. The molecule has 1 atom stereocenters. The first-order chi connectivity index (χ1) is 11.2. The second-order valence-electron chi connectivity index (χ2n) is 5.94. The van der Waals surface area contributed by atoms with Crippen LogP contribution in [0.1, 0.15) is 30.0 Å². The molecule has 120 valence electrons. The molecule has 1 N–H and O–H groups in total. The smallest absolute Gasteiger partial charge is 0.251 e. The van der Waals surface area contributed by atoms with Gasteiger partial charge in [-0.15, -0.1) is 0 Å². The van der Waals surface area contributed by atoms with Crippen molar-refractivity contribution in [3.8, 4) is 0 Å². The second kappa shape index (κ2) is 7.33. The molecule has 1 aliphatic rings. The minimum Gasteiger partial charge on any atom is -0.383 e. The molecule has 5 nitrogen and oxygen atoms in total. The monoisotopic (exact) mass is 311 g/mol. The van der Waals surface area contributed by atoms with E-state index < -0.39 is 6.10 Å². The van der Waals surface area contributed by atoms with Crippen molar-refractivity contribution >= 4 is 5.91 Å². The minimum absolute atomic E-state index is 0.175. The summed E-state index contributed by atoms with van der Waals surface area (Å²) in [5, 5.41) is 10.2. The summed E-state index contributed by atoms with van der Waals surface area (Å²) < 4.78 is 0. The van der Waals surface area contributed by atoms with Crippen LogP contribution >= 0.6 is 0 Å². The largest absolute Gasteiger partial charge is 0.383 e. The number of rotatable bonds is 4. The molecule has 5 heteroatoms. The van der Waals surface area contributed by atoms with Gasteiger partial charge in [-0.3, -0.25) is 14.8 Å². The van der Waals surface area contributed by atoms with E-state index in [1.54, 1.807) is 23.5 Å². The first-order valence-corrected chi connectivity index (χ1v) is 8.00. The van der Waals surface area contributed by atoms with E-state index in [0.717, 1.165) is 24.1 Å². The van der Waals surface area contributed by atoms with E-state index in [1.165, 1.54) is 0 Å². The average molecular weight is 311 g/mol. The van der Waals surface area contributed by atoms with Crippen LogP contribution in [0.4, 0.5) is 0 Å². The van der Waals surface area contributed by atoms with Crippen LogP contribution in [-0.4, -0.2) is 45.1 Å². The zero-order chi connectivity index (χ0) is 16.1. The molecule has 0 spiro atoms. The molecule has 23 heavy (non-hydrogen) atoms. The Morgan fingerprint density at radius 2 is 1.96 bits per heavy atom. The lowest BCUT2D eigenvalue weighted by atomic mass is 9.93. The van der Waals surface area contributed by atoms with Gasteiger partial charge in [-0.25, -0.2) is 0 Å². The van der Waals surface area contributed by atoms with Crippen LogP contribution in [0.2, 0.25) is 0 Å². The van der Waals surface area contributed by atoms with E-state index in [9.17, 15) is 9.90 Å². The zero-order valence-corrected chi connectivity index (χ0v) is 13.0. The van der Waals surface area contributed by atoms with Gasteiger partial charge < -0.3 is 10.0 Å². The fraction of sp³-hybridized carbons (Fsp3) is 0.389. The first kappa shape index (κ1) is 15.6. The first-order valence-electron chi connectivity index (χ1n) is 8.00. The molecule has 0 aliphatic carbocycles. The van der Waals surface area contributed by atoms with E-state index in [0.29, 0.717) is 25.4 Å². The molecule has 1 aromatic carbocycles. The average Bonchev–Trinajstić information content (AvgIpc) is 2.63. The molecule has 2 aromatic rings. The predicted octanol–water partition coefficient (Wildman–Crippen LogP) is 1.79. The standard InChI is InChI=1S/C18H21N3O2/c22-17(12-14-4-2-1-3-5-14)18(23)21-10-6-15(7-11-21)16-13-19-8-9-20-16/h1-5,8-9,13,15,17,22H,6-7,10-12H2/t17-/m0/s1. The van der Waals surface area contributed by atoms with Crippen LogP contribution in [0.5, 0.6) is 0 Å². The van der Waals surface area contributed by atoms with Gasteiger partial charge in [0.1, 0.15) is 6.10 Å². The number of benzene rings is 1. The predicted molar refractivity (Wildman–Crippen MR) is 86.7 cm³/mol. The van der Waals surface area contributed by atoms with E-state index in [1.807, 2.05) is 30.3 Å².